The molecule has 100 valence electrons. The average molecular weight is 279 g/mol. The summed E-state index contributed by atoms with van der Waals surface area (Å²) in [6.07, 6.45) is 0.465. The number of aldehydes is 1. The molecule has 0 saturated heterocycles. The molecular formula is C13H13NO4S. The number of sulfonamides is 1. The van der Waals surface area contributed by atoms with Crippen molar-refractivity contribution in [2.45, 2.75) is 12.0 Å². The van der Waals surface area contributed by atoms with E-state index in [4.69, 9.17) is 4.42 Å². The standard InChI is InChI=1S/C13H13NO4S/c1-10-5-3-4-6-12(10)14(2)19(16,17)13-8-7-11(9-15)18-13/h3-9H,1-2H3. The number of furan rings is 1. The number of anilines is 1. The van der Waals surface area contributed by atoms with Crippen LogP contribution < -0.4 is 4.31 Å². The summed E-state index contributed by atoms with van der Waals surface area (Å²) in [4.78, 5) is 10.5. The van der Waals surface area contributed by atoms with Crippen molar-refractivity contribution in [1.82, 2.24) is 0 Å². The van der Waals surface area contributed by atoms with Crippen LogP contribution in [0.1, 0.15) is 16.1 Å². The van der Waals surface area contributed by atoms with E-state index in [0.717, 1.165) is 9.87 Å². The Morgan fingerprint density at radius 3 is 2.42 bits per heavy atom. The fourth-order valence-corrected chi connectivity index (χ4v) is 2.89. The summed E-state index contributed by atoms with van der Waals surface area (Å²) < 4.78 is 30.8. The van der Waals surface area contributed by atoms with Gasteiger partial charge >= 0.3 is 0 Å². The quantitative estimate of drug-likeness (QED) is 0.805. The van der Waals surface area contributed by atoms with Crippen LogP contribution in [0.2, 0.25) is 0 Å². The lowest BCUT2D eigenvalue weighted by Gasteiger charge is -2.19. The predicted molar refractivity (Wildman–Crippen MR) is 70.9 cm³/mol. The lowest BCUT2D eigenvalue weighted by molar-refractivity contribution is 0.109. The van der Waals surface area contributed by atoms with Gasteiger partial charge in [-0.3, -0.25) is 9.10 Å². The molecule has 0 fully saturated rings. The molecule has 0 saturated carbocycles. The minimum atomic E-state index is -3.80. The summed E-state index contributed by atoms with van der Waals surface area (Å²) in [6.45, 7) is 1.82. The van der Waals surface area contributed by atoms with Gasteiger partial charge < -0.3 is 4.42 Å². The van der Waals surface area contributed by atoms with Crippen LogP contribution in [0.25, 0.3) is 0 Å². The summed E-state index contributed by atoms with van der Waals surface area (Å²) >= 11 is 0. The van der Waals surface area contributed by atoms with Crippen LogP contribution in [0.5, 0.6) is 0 Å². The van der Waals surface area contributed by atoms with Crippen molar-refractivity contribution in [3.63, 3.8) is 0 Å². The van der Waals surface area contributed by atoms with Gasteiger partial charge in [0.2, 0.25) is 5.09 Å². The van der Waals surface area contributed by atoms with Crippen LogP contribution in [-0.4, -0.2) is 21.8 Å². The Hall–Kier alpha value is -2.08. The molecule has 5 nitrogen and oxygen atoms in total. The Morgan fingerprint density at radius 2 is 1.84 bits per heavy atom. The van der Waals surface area contributed by atoms with E-state index in [0.29, 0.717) is 12.0 Å². The van der Waals surface area contributed by atoms with Gasteiger partial charge in [-0.15, -0.1) is 0 Å². The number of benzene rings is 1. The first-order chi connectivity index (χ1) is 8.96. The zero-order chi connectivity index (χ0) is 14.0. The number of carbonyl (C=O) groups excluding carboxylic acids is 1. The van der Waals surface area contributed by atoms with Crippen LogP contribution in [0, 0.1) is 6.92 Å². The fourth-order valence-electron chi connectivity index (χ4n) is 1.72. The SMILES string of the molecule is Cc1ccccc1N(C)S(=O)(=O)c1ccc(C=O)o1. The summed E-state index contributed by atoms with van der Waals surface area (Å²) in [5, 5.41) is -0.250. The van der Waals surface area contributed by atoms with Crippen LogP contribution >= 0.6 is 0 Å². The number of para-hydroxylation sites is 1. The van der Waals surface area contributed by atoms with Gasteiger partial charge in [-0.05, 0) is 30.7 Å². The maximum absolute atomic E-state index is 12.3. The van der Waals surface area contributed by atoms with Crippen LogP contribution in [0.3, 0.4) is 0 Å². The summed E-state index contributed by atoms with van der Waals surface area (Å²) in [7, 11) is -2.35. The monoisotopic (exact) mass is 279 g/mol. The normalized spacial score (nSPS) is 11.3. The number of hydrogen-bond donors (Lipinski definition) is 0. The van der Waals surface area contributed by atoms with Gasteiger partial charge in [-0.25, -0.2) is 0 Å². The predicted octanol–water partition coefficient (Wildman–Crippen LogP) is 2.23. The Labute approximate surface area is 111 Å². The van der Waals surface area contributed by atoms with Gasteiger partial charge in [-0.2, -0.15) is 8.42 Å². The van der Waals surface area contributed by atoms with Crippen LogP contribution in [0.15, 0.2) is 45.9 Å². The van der Waals surface area contributed by atoms with Gasteiger partial charge in [0.1, 0.15) is 0 Å². The molecule has 1 heterocycles. The van der Waals surface area contributed by atoms with Gasteiger partial charge in [-0.1, -0.05) is 18.2 Å². The average Bonchev–Trinajstić information content (AvgIpc) is 2.88. The zero-order valence-corrected chi connectivity index (χ0v) is 11.3. The maximum Gasteiger partial charge on any atom is 0.297 e. The molecule has 2 aromatic rings. The highest BCUT2D eigenvalue weighted by molar-refractivity contribution is 7.92. The zero-order valence-electron chi connectivity index (χ0n) is 10.5. The smallest absolute Gasteiger partial charge is 0.297 e. The third-order valence-corrected chi connectivity index (χ3v) is 4.43. The molecule has 0 spiro atoms. The highest BCUT2D eigenvalue weighted by atomic mass is 32.2. The molecule has 19 heavy (non-hydrogen) atoms. The number of rotatable bonds is 4. The molecule has 6 heteroatoms. The Balaban J connectivity index is 2.45. The second-order valence-corrected chi connectivity index (χ2v) is 5.93. The third kappa shape index (κ3) is 2.39. The highest BCUT2D eigenvalue weighted by Gasteiger charge is 2.25. The molecule has 2 rings (SSSR count). The Bertz CT molecular complexity index is 703. The molecule has 0 unspecified atom stereocenters. The van der Waals surface area contributed by atoms with E-state index in [1.165, 1.54) is 19.2 Å². The summed E-state index contributed by atoms with van der Waals surface area (Å²) in [6, 6.07) is 9.71. The summed E-state index contributed by atoms with van der Waals surface area (Å²) in [5.41, 5.74) is 1.39. The maximum atomic E-state index is 12.3. The molecule has 0 amide bonds. The lowest BCUT2D eigenvalue weighted by atomic mass is 10.2. The van der Waals surface area contributed by atoms with E-state index in [1.807, 2.05) is 19.1 Å². The van der Waals surface area contributed by atoms with Gasteiger partial charge in [0.25, 0.3) is 10.0 Å². The molecule has 0 radical (unpaired) electrons. The minimum absolute atomic E-state index is 0.0169. The molecule has 0 N–H and O–H groups in total. The second-order valence-electron chi connectivity index (χ2n) is 4.03. The van der Waals surface area contributed by atoms with Crippen molar-refractivity contribution in [3.8, 4) is 0 Å². The van der Waals surface area contributed by atoms with E-state index < -0.39 is 10.0 Å². The van der Waals surface area contributed by atoms with Crippen LogP contribution in [-0.2, 0) is 10.0 Å². The van der Waals surface area contributed by atoms with Crippen molar-refractivity contribution in [1.29, 1.82) is 0 Å². The Kier molecular flexibility index (Phi) is 3.44. The number of nitrogens with zero attached hydrogens (tertiary/aromatic N) is 1. The lowest BCUT2D eigenvalue weighted by Crippen LogP contribution is -2.26. The largest absolute Gasteiger partial charge is 0.440 e. The first-order valence-corrected chi connectivity index (χ1v) is 7.00. The van der Waals surface area contributed by atoms with E-state index in [9.17, 15) is 13.2 Å². The van der Waals surface area contributed by atoms with E-state index in [2.05, 4.69) is 0 Å². The fraction of sp³-hybridized carbons (Fsp3) is 0.154. The molecule has 1 aromatic carbocycles. The number of aryl methyl sites for hydroxylation is 1. The second kappa shape index (κ2) is 4.89. The van der Waals surface area contributed by atoms with E-state index in [1.54, 1.807) is 12.1 Å². The van der Waals surface area contributed by atoms with Crippen molar-refractivity contribution in [2.75, 3.05) is 11.4 Å². The van der Waals surface area contributed by atoms with Crippen molar-refractivity contribution >= 4 is 22.0 Å². The first kappa shape index (κ1) is 13.4. The topological polar surface area (TPSA) is 67.6 Å². The van der Waals surface area contributed by atoms with Gasteiger partial charge in [0.05, 0.1) is 5.69 Å². The Morgan fingerprint density at radius 1 is 1.16 bits per heavy atom. The van der Waals surface area contributed by atoms with Crippen molar-refractivity contribution < 1.29 is 17.6 Å². The van der Waals surface area contributed by atoms with E-state index in [-0.39, 0.29) is 10.9 Å². The molecule has 0 aliphatic heterocycles. The molecule has 0 bridgehead atoms. The number of carbonyl (C=O) groups is 1. The van der Waals surface area contributed by atoms with E-state index >= 15 is 0 Å². The third-order valence-electron chi connectivity index (χ3n) is 2.79. The highest BCUT2D eigenvalue weighted by Crippen LogP contribution is 2.25. The molecular weight excluding hydrogens is 266 g/mol. The molecule has 0 aliphatic carbocycles. The van der Waals surface area contributed by atoms with Gasteiger partial charge in [0.15, 0.2) is 12.0 Å². The van der Waals surface area contributed by atoms with Gasteiger partial charge in [0, 0.05) is 7.05 Å². The first-order valence-electron chi connectivity index (χ1n) is 5.56. The van der Waals surface area contributed by atoms with Crippen LogP contribution in [0.4, 0.5) is 5.69 Å². The molecule has 0 atom stereocenters. The number of hydrogen-bond acceptors (Lipinski definition) is 4. The minimum Gasteiger partial charge on any atom is -0.440 e. The molecule has 0 aliphatic rings. The van der Waals surface area contributed by atoms with Crippen molar-refractivity contribution in [2.24, 2.45) is 0 Å². The molecule has 1 aromatic heterocycles. The summed E-state index contributed by atoms with van der Waals surface area (Å²) in [5.74, 6) is -0.0169. The van der Waals surface area contributed by atoms with Crippen molar-refractivity contribution in [3.05, 3.63) is 47.7 Å².